The number of rotatable bonds is 3. The number of fused-ring (bicyclic) bond motifs is 9. The molecule has 0 aliphatic heterocycles. The molecule has 1 heteroatoms. The van der Waals surface area contributed by atoms with Gasteiger partial charge in [0.15, 0.2) is 0 Å². The molecule has 11 rings (SSSR count). The van der Waals surface area contributed by atoms with Gasteiger partial charge in [-0.2, -0.15) is 0 Å². The predicted molar refractivity (Wildman–Crippen MR) is 218 cm³/mol. The molecule has 0 N–H and O–H groups in total. The minimum Gasteiger partial charge on any atom is -0.456 e. The molecule has 0 saturated heterocycles. The Hall–Kier alpha value is -6.70. The molecular weight excluding hydrogens is 617 g/mol. The lowest BCUT2D eigenvalue weighted by Crippen LogP contribution is -1.92. The minimum atomic E-state index is -0.429. The molecule has 0 bridgehead atoms. The topological polar surface area (TPSA) is 13.1 Å². The Bertz CT molecular complexity index is 3580. The monoisotopic (exact) mass is 654 g/mol. The van der Waals surface area contributed by atoms with E-state index in [1.807, 2.05) is 103 Å². The van der Waals surface area contributed by atoms with Crippen molar-refractivity contribution in [2.24, 2.45) is 0 Å². The molecule has 0 amide bonds. The van der Waals surface area contributed by atoms with E-state index in [0.29, 0.717) is 22.3 Å². The van der Waals surface area contributed by atoms with Gasteiger partial charge in [0.25, 0.3) is 0 Å². The lowest BCUT2D eigenvalue weighted by atomic mass is 9.84. The van der Waals surface area contributed by atoms with E-state index in [1.165, 1.54) is 0 Å². The van der Waals surface area contributed by atoms with Crippen LogP contribution in [-0.2, 0) is 0 Å². The molecule has 1 aromatic heterocycles. The van der Waals surface area contributed by atoms with Crippen molar-refractivity contribution < 1.29 is 15.4 Å². The summed E-state index contributed by atoms with van der Waals surface area (Å²) in [4.78, 5) is 0. The lowest BCUT2D eigenvalue weighted by Gasteiger charge is -2.19. The van der Waals surface area contributed by atoms with Crippen molar-refractivity contribution >= 4 is 75.8 Å². The van der Waals surface area contributed by atoms with E-state index in [9.17, 15) is 5.48 Å². The maximum Gasteiger partial charge on any atom is 0.136 e. The number of benzene rings is 10. The molecule has 0 fully saturated rings. The van der Waals surface area contributed by atoms with Crippen LogP contribution >= 0.6 is 0 Å². The van der Waals surface area contributed by atoms with E-state index in [2.05, 4.69) is 30.3 Å². The smallest absolute Gasteiger partial charge is 0.136 e. The summed E-state index contributed by atoms with van der Waals surface area (Å²) >= 11 is 0. The zero-order valence-corrected chi connectivity index (χ0v) is 27.1. The molecule has 236 valence electrons. The van der Waals surface area contributed by atoms with Gasteiger partial charge in [0.05, 0.1) is 11.0 Å². The van der Waals surface area contributed by atoms with Gasteiger partial charge >= 0.3 is 0 Å². The van der Waals surface area contributed by atoms with Gasteiger partial charge in [-0.05, 0) is 112 Å². The zero-order chi connectivity index (χ0) is 40.4. The summed E-state index contributed by atoms with van der Waals surface area (Å²) in [6.07, 6.45) is 0. The lowest BCUT2D eigenvalue weighted by molar-refractivity contribution is 0.669. The van der Waals surface area contributed by atoms with E-state index >= 15 is 0 Å². The van der Waals surface area contributed by atoms with E-state index in [0.717, 1.165) is 65.4 Å². The SMILES string of the molecule is [2H]c1c([2H])c([2H])c2c(-c3cccc4ccccc34)c3c([2H])c([2H])c([2H])c([2H])c3c(-c3ccc4cccc(-c5ccc6c(c5)oc5ccc7ccccc7c56)c4c3)c2c1[2H]. The van der Waals surface area contributed by atoms with Crippen LogP contribution in [0, 0.1) is 0 Å². The van der Waals surface area contributed by atoms with Crippen LogP contribution in [0.5, 0.6) is 0 Å². The highest BCUT2D eigenvalue weighted by molar-refractivity contribution is 6.24. The fourth-order valence-electron chi connectivity index (χ4n) is 8.02. The highest BCUT2D eigenvalue weighted by Crippen LogP contribution is 2.46. The second-order valence-electron chi connectivity index (χ2n) is 13.0. The first-order valence-electron chi connectivity index (χ1n) is 20.9. The summed E-state index contributed by atoms with van der Waals surface area (Å²) in [6.45, 7) is 0. The molecule has 0 aliphatic rings. The molecule has 0 aliphatic carbocycles. The number of hydrogen-bond acceptors (Lipinski definition) is 1. The molecule has 51 heavy (non-hydrogen) atoms. The first-order valence-corrected chi connectivity index (χ1v) is 16.9. The Morgan fingerprint density at radius 1 is 0.353 bits per heavy atom. The highest BCUT2D eigenvalue weighted by Gasteiger charge is 2.19. The van der Waals surface area contributed by atoms with Crippen LogP contribution in [0.4, 0.5) is 0 Å². The predicted octanol–water partition coefficient (Wildman–Crippen LogP) is 14.4. The Morgan fingerprint density at radius 2 is 0.922 bits per heavy atom. The fraction of sp³-hybridized carbons (Fsp3) is 0. The molecule has 0 unspecified atom stereocenters. The van der Waals surface area contributed by atoms with E-state index in [1.54, 1.807) is 0 Å². The van der Waals surface area contributed by atoms with Gasteiger partial charge in [-0.25, -0.2) is 0 Å². The van der Waals surface area contributed by atoms with Gasteiger partial charge in [0.2, 0.25) is 0 Å². The third kappa shape index (κ3) is 4.22. The van der Waals surface area contributed by atoms with Crippen molar-refractivity contribution in [3.63, 3.8) is 0 Å². The first-order chi connectivity index (χ1) is 28.6. The van der Waals surface area contributed by atoms with Crippen LogP contribution < -0.4 is 0 Å². The molecule has 0 spiro atoms. The van der Waals surface area contributed by atoms with Crippen LogP contribution in [0.15, 0.2) is 186 Å². The molecule has 11 aromatic rings. The third-order valence-corrected chi connectivity index (χ3v) is 10.3. The quantitative estimate of drug-likeness (QED) is 0.173. The van der Waals surface area contributed by atoms with E-state index in [4.69, 9.17) is 9.90 Å². The molecule has 1 nitrogen and oxygen atoms in total. The Balaban J connectivity index is 1.25. The third-order valence-electron chi connectivity index (χ3n) is 10.3. The van der Waals surface area contributed by atoms with Crippen LogP contribution in [0.1, 0.15) is 11.0 Å². The second kappa shape index (κ2) is 10.9. The van der Waals surface area contributed by atoms with Crippen molar-refractivity contribution in [1.29, 1.82) is 0 Å². The number of furan rings is 1. The maximum atomic E-state index is 9.45. The van der Waals surface area contributed by atoms with Gasteiger partial charge in [-0.1, -0.05) is 158 Å². The molecule has 10 aromatic carbocycles. The van der Waals surface area contributed by atoms with Gasteiger partial charge in [-0.3, -0.25) is 0 Å². The van der Waals surface area contributed by atoms with Crippen LogP contribution in [0.3, 0.4) is 0 Å². The second-order valence-corrected chi connectivity index (χ2v) is 13.0. The average Bonchev–Trinajstić information content (AvgIpc) is 3.66. The summed E-state index contributed by atoms with van der Waals surface area (Å²) in [6, 6.07) is 40.8. The van der Waals surface area contributed by atoms with Gasteiger partial charge in [0.1, 0.15) is 11.2 Å². The van der Waals surface area contributed by atoms with Crippen molar-refractivity contribution in [3.8, 4) is 33.4 Å². The molecule has 1 heterocycles. The van der Waals surface area contributed by atoms with Gasteiger partial charge < -0.3 is 4.42 Å². The fourth-order valence-corrected chi connectivity index (χ4v) is 8.02. The summed E-state index contributed by atoms with van der Waals surface area (Å²) < 4.78 is 79.7. The van der Waals surface area contributed by atoms with Crippen molar-refractivity contribution in [1.82, 2.24) is 0 Å². The van der Waals surface area contributed by atoms with Crippen LogP contribution in [0.2, 0.25) is 0 Å². The summed E-state index contributed by atoms with van der Waals surface area (Å²) in [5, 5.41) is 8.52. The van der Waals surface area contributed by atoms with Crippen LogP contribution in [-0.4, -0.2) is 0 Å². The van der Waals surface area contributed by atoms with E-state index < -0.39 is 24.2 Å². The van der Waals surface area contributed by atoms with Gasteiger partial charge in [-0.15, -0.1) is 0 Å². The highest BCUT2D eigenvalue weighted by atomic mass is 16.3. The van der Waals surface area contributed by atoms with Crippen molar-refractivity contribution in [2.45, 2.75) is 0 Å². The summed E-state index contributed by atoms with van der Waals surface area (Å²) in [5.41, 5.74) is 5.17. The molecule has 0 atom stereocenters. The normalized spacial score (nSPS) is 14.1. The first kappa shape index (κ1) is 21.4. The molecule has 0 radical (unpaired) electrons. The Morgan fingerprint density at radius 3 is 1.67 bits per heavy atom. The van der Waals surface area contributed by atoms with Crippen molar-refractivity contribution in [2.75, 3.05) is 0 Å². The minimum absolute atomic E-state index is 0.184. The maximum absolute atomic E-state index is 9.45. The summed E-state index contributed by atoms with van der Waals surface area (Å²) in [7, 11) is 0. The Labute approximate surface area is 305 Å². The average molecular weight is 655 g/mol. The van der Waals surface area contributed by atoms with Gasteiger partial charge in [0, 0.05) is 10.8 Å². The number of hydrogen-bond donors (Lipinski definition) is 0. The largest absolute Gasteiger partial charge is 0.456 e. The van der Waals surface area contributed by atoms with Crippen LogP contribution in [0.25, 0.3) is 109 Å². The van der Waals surface area contributed by atoms with E-state index in [-0.39, 0.29) is 45.7 Å². The molecular formula is C50H30O. The zero-order valence-electron chi connectivity index (χ0n) is 35.1. The Kier molecular flexibility index (Phi) is 4.57. The standard InChI is InChI=1S/C50H30O/c1-3-15-36-31(11-1)13-10-22-39(36)49-42-19-7-5-17-40(42)48(41-18-6-8-20-43(41)49)35-24-23-33-14-9-21-37(45(33)29-35)34-25-27-44-47(30-34)51-46-28-26-32-12-2-4-16-38(32)50(44)46/h1-30H/i5D,6D,7D,8D,17D,18D,19D,20D. The molecule has 0 saturated carbocycles. The van der Waals surface area contributed by atoms with Crippen molar-refractivity contribution in [3.05, 3.63) is 182 Å². The summed E-state index contributed by atoms with van der Waals surface area (Å²) in [5.74, 6) is 0.